The van der Waals surface area contributed by atoms with Gasteiger partial charge in [0.2, 0.25) is 0 Å². The molecule has 0 amide bonds. The van der Waals surface area contributed by atoms with Crippen LogP contribution in [-0.2, 0) is 23.9 Å². The Morgan fingerprint density at radius 1 is 0.884 bits per heavy atom. The van der Waals surface area contributed by atoms with Crippen LogP contribution in [0.4, 0.5) is 0 Å². The molecule has 0 heterocycles. The highest BCUT2D eigenvalue weighted by molar-refractivity contribution is 5.95. The van der Waals surface area contributed by atoms with Crippen molar-refractivity contribution in [2.75, 3.05) is 0 Å². The van der Waals surface area contributed by atoms with Crippen LogP contribution in [0.5, 0.6) is 0 Å². The van der Waals surface area contributed by atoms with Crippen molar-refractivity contribution >= 4 is 23.7 Å². The fraction of sp³-hybridized carbons (Fsp3) is 0.778. The van der Waals surface area contributed by atoms with Gasteiger partial charge in [-0.25, -0.2) is 0 Å². The highest BCUT2D eigenvalue weighted by Gasteiger charge is 2.70. The molecule has 0 unspecified atom stereocenters. The smallest absolute Gasteiger partial charge is 0.309 e. The van der Waals surface area contributed by atoms with E-state index in [1.807, 2.05) is 13.0 Å². The van der Waals surface area contributed by atoms with Crippen molar-refractivity contribution in [1.82, 2.24) is 0 Å². The predicted molar refractivity (Wildman–Crippen MR) is 163 cm³/mol. The fourth-order valence-corrected chi connectivity index (χ4v) is 11.1. The van der Waals surface area contributed by atoms with E-state index in [2.05, 4.69) is 41.5 Å². The summed E-state index contributed by atoms with van der Waals surface area (Å²) >= 11 is 0. The molecule has 0 radical (unpaired) electrons. The number of rotatable bonds is 6. The molecule has 0 saturated heterocycles. The van der Waals surface area contributed by atoms with Crippen molar-refractivity contribution in [3.8, 4) is 0 Å². The largest absolute Gasteiger partial charge is 0.481 e. The van der Waals surface area contributed by atoms with E-state index < -0.39 is 17.4 Å². The number of carbonyl (C=O) groups excluding carboxylic acids is 2. The summed E-state index contributed by atoms with van der Waals surface area (Å²) in [5.74, 6) is -1.63. The van der Waals surface area contributed by atoms with Crippen LogP contribution < -0.4 is 0 Å². The molecule has 4 fully saturated rings. The zero-order valence-corrected chi connectivity index (χ0v) is 27.3. The second-order valence-electron chi connectivity index (χ2n) is 16.7. The van der Waals surface area contributed by atoms with E-state index in [1.54, 1.807) is 6.08 Å². The molecule has 7 nitrogen and oxygen atoms in total. The van der Waals surface area contributed by atoms with Crippen molar-refractivity contribution < 1.29 is 34.1 Å². The summed E-state index contributed by atoms with van der Waals surface area (Å²) in [6.07, 6.45) is 12.3. The molecule has 238 valence electrons. The standard InChI is InChI=1S/C36H52O7/c1-31(2)25-12-15-36(7)29(34(25,5)14-13-26(31)43-28(40)11-9-8-10-27(38)39)24(37)20-22-23-21-33(4,30(41)42)17-16-32(23,3)18-19-35(22,36)6/h8-9,20,23,25-26,29H,10-19,21H2,1-7H3,(H,38,39)(H,41,42)/b9-8+/t23-,25-,26-,29+,32+,33-,34-,35+,36+/m0/s1. The van der Waals surface area contributed by atoms with Crippen molar-refractivity contribution in [2.24, 2.45) is 50.2 Å². The Bertz CT molecular complexity index is 1280. The minimum Gasteiger partial charge on any atom is -0.481 e. The maximum atomic E-state index is 14.5. The topological polar surface area (TPSA) is 118 Å². The highest BCUT2D eigenvalue weighted by atomic mass is 16.5. The van der Waals surface area contributed by atoms with Gasteiger partial charge < -0.3 is 14.9 Å². The number of fused-ring (bicyclic) bond motifs is 7. The molecule has 0 aromatic heterocycles. The molecule has 7 heteroatoms. The Morgan fingerprint density at radius 3 is 2.19 bits per heavy atom. The number of allylic oxidation sites excluding steroid dienone is 2. The van der Waals surface area contributed by atoms with Crippen molar-refractivity contribution in [1.29, 1.82) is 0 Å². The molecule has 43 heavy (non-hydrogen) atoms. The summed E-state index contributed by atoms with van der Waals surface area (Å²) in [6, 6.07) is 0. The average molecular weight is 597 g/mol. The van der Waals surface area contributed by atoms with E-state index in [0.29, 0.717) is 19.3 Å². The lowest BCUT2D eigenvalue weighted by Crippen LogP contribution is -2.66. The first kappa shape index (κ1) is 32.0. The van der Waals surface area contributed by atoms with Crippen LogP contribution in [0, 0.1) is 50.2 Å². The molecule has 4 saturated carbocycles. The maximum absolute atomic E-state index is 14.5. The molecule has 0 aromatic rings. The molecule has 5 rings (SSSR count). The number of ketones is 1. The minimum atomic E-state index is -0.936. The van der Waals surface area contributed by atoms with Gasteiger partial charge in [0.05, 0.1) is 18.3 Å². The van der Waals surface area contributed by atoms with Gasteiger partial charge in [-0.1, -0.05) is 59.3 Å². The van der Waals surface area contributed by atoms with Gasteiger partial charge >= 0.3 is 17.9 Å². The van der Waals surface area contributed by atoms with Crippen molar-refractivity contribution in [3.63, 3.8) is 0 Å². The van der Waals surface area contributed by atoms with Crippen LogP contribution in [-0.4, -0.2) is 40.0 Å². The summed E-state index contributed by atoms with van der Waals surface area (Å²) in [4.78, 5) is 50.3. The third-order valence-electron chi connectivity index (χ3n) is 14.0. The summed E-state index contributed by atoms with van der Waals surface area (Å²) in [6.45, 7) is 15.6. The van der Waals surface area contributed by atoms with Gasteiger partial charge in [-0.3, -0.25) is 19.2 Å². The average Bonchev–Trinajstić information content (AvgIpc) is 2.90. The Kier molecular flexibility index (Phi) is 7.66. The van der Waals surface area contributed by atoms with Gasteiger partial charge in [-0.15, -0.1) is 0 Å². The highest BCUT2D eigenvalue weighted by Crippen LogP contribution is 2.75. The quantitative estimate of drug-likeness (QED) is 0.242. The normalized spacial score (nSPS) is 45.2. The molecule has 9 atom stereocenters. The van der Waals surface area contributed by atoms with Crippen LogP contribution in [0.25, 0.3) is 0 Å². The Hall–Kier alpha value is -2.44. The third-order valence-corrected chi connectivity index (χ3v) is 14.0. The summed E-state index contributed by atoms with van der Waals surface area (Å²) in [5.41, 5.74) is -0.485. The monoisotopic (exact) mass is 596 g/mol. The van der Waals surface area contributed by atoms with Crippen LogP contribution in [0.15, 0.2) is 23.8 Å². The molecule has 0 aliphatic heterocycles. The molecule has 0 spiro atoms. The van der Waals surface area contributed by atoms with Crippen molar-refractivity contribution in [3.05, 3.63) is 23.8 Å². The minimum absolute atomic E-state index is 0.0254. The van der Waals surface area contributed by atoms with E-state index in [9.17, 15) is 24.3 Å². The van der Waals surface area contributed by atoms with Crippen LogP contribution in [0.2, 0.25) is 0 Å². The lowest BCUT2D eigenvalue weighted by Gasteiger charge is -2.70. The third kappa shape index (κ3) is 4.74. The van der Waals surface area contributed by atoms with E-state index in [4.69, 9.17) is 9.84 Å². The zero-order valence-electron chi connectivity index (χ0n) is 27.3. The number of hydrogen-bond acceptors (Lipinski definition) is 5. The van der Waals surface area contributed by atoms with Gasteiger partial charge in [-0.2, -0.15) is 0 Å². The second kappa shape index (κ2) is 10.3. The van der Waals surface area contributed by atoms with E-state index in [1.165, 1.54) is 11.6 Å². The number of carboxylic acids is 2. The van der Waals surface area contributed by atoms with Gasteiger partial charge in [0.1, 0.15) is 6.10 Å². The summed E-state index contributed by atoms with van der Waals surface area (Å²) < 4.78 is 6.03. The van der Waals surface area contributed by atoms with Crippen LogP contribution in [0.3, 0.4) is 0 Å². The number of aliphatic carboxylic acids is 2. The number of esters is 1. The van der Waals surface area contributed by atoms with E-state index in [0.717, 1.165) is 38.5 Å². The zero-order chi connectivity index (χ0) is 31.8. The first-order chi connectivity index (χ1) is 19.8. The Labute approximate surface area is 256 Å². The van der Waals surface area contributed by atoms with Gasteiger partial charge in [0.25, 0.3) is 0 Å². The number of ether oxygens (including phenoxy) is 1. The summed E-state index contributed by atoms with van der Waals surface area (Å²) in [7, 11) is 0. The number of carbonyl (C=O) groups is 4. The van der Waals surface area contributed by atoms with Gasteiger partial charge in [0.15, 0.2) is 5.78 Å². The van der Waals surface area contributed by atoms with Gasteiger partial charge in [-0.05, 0) is 104 Å². The van der Waals surface area contributed by atoms with Gasteiger partial charge in [0, 0.05) is 11.3 Å². The lowest BCUT2D eigenvalue weighted by atomic mass is 9.33. The summed E-state index contributed by atoms with van der Waals surface area (Å²) in [5, 5.41) is 19.0. The lowest BCUT2D eigenvalue weighted by molar-refractivity contribution is -0.210. The SMILES string of the molecule is CC1(C)[C@@H](OC(=O)C/C=C/CC(=O)O)CC[C@]2(C)[C@H]3C(=O)C=C4[C@@H]5C[C@@](C)(C(=O)O)CC[C@]5(C)CC[C@@]4(C)[C@]3(C)CC[C@@H]12. The van der Waals surface area contributed by atoms with Crippen molar-refractivity contribution in [2.45, 2.75) is 125 Å². The number of carboxylic acid groups (broad SMARTS) is 2. The molecule has 0 aromatic carbocycles. The van der Waals surface area contributed by atoms with Crippen LogP contribution >= 0.6 is 0 Å². The van der Waals surface area contributed by atoms with E-state index >= 15 is 0 Å². The maximum Gasteiger partial charge on any atom is 0.309 e. The molecule has 0 bridgehead atoms. The first-order valence-corrected chi connectivity index (χ1v) is 16.4. The Balaban J connectivity index is 1.44. The number of hydrogen-bond donors (Lipinski definition) is 2. The van der Waals surface area contributed by atoms with E-state index in [-0.39, 0.29) is 75.5 Å². The second-order valence-corrected chi connectivity index (χ2v) is 16.7. The molecule has 2 N–H and O–H groups in total. The Morgan fingerprint density at radius 2 is 1.53 bits per heavy atom. The molecule has 5 aliphatic rings. The van der Waals surface area contributed by atoms with Crippen LogP contribution in [0.1, 0.15) is 119 Å². The molecular formula is C36H52O7. The molecule has 5 aliphatic carbocycles. The first-order valence-electron chi connectivity index (χ1n) is 16.4. The molecular weight excluding hydrogens is 544 g/mol. The fourth-order valence-electron chi connectivity index (χ4n) is 11.1. The predicted octanol–water partition coefficient (Wildman–Crippen LogP) is 7.38.